The summed E-state index contributed by atoms with van der Waals surface area (Å²) in [4.78, 5) is 24.9. The zero-order valence-corrected chi connectivity index (χ0v) is 19.5. The maximum absolute atomic E-state index is 12.5. The van der Waals surface area contributed by atoms with Gasteiger partial charge >= 0.3 is 11.9 Å². The molecule has 4 nitrogen and oxygen atoms in total. The molecule has 0 radical (unpaired) electrons. The molecule has 0 amide bonds. The lowest BCUT2D eigenvalue weighted by Crippen LogP contribution is -2.35. The van der Waals surface area contributed by atoms with Crippen LogP contribution in [0.15, 0.2) is 0 Å². The summed E-state index contributed by atoms with van der Waals surface area (Å²) in [5.74, 6) is 0.107. The van der Waals surface area contributed by atoms with Crippen LogP contribution in [0.3, 0.4) is 0 Å². The monoisotopic (exact) mass is 410 g/mol. The molecule has 1 saturated carbocycles. The number of hydrogen-bond acceptors (Lipinski definition) is 4. The SMILES string of the molecule is CC(C)CCCCCCCCCCOC(=O)C1CCCCC1C(=O)OCC(C)C. The Kier molecular flexibility index (Phi) is 14.1. The van der Waals surface area contributed by atoms with Crippen molar-refractivity contribution in [3.63, 3.8) is 0 Å². The highest BCUT2D eigenvalue weighted by atomic mass is 16.5. The van der Waals surface area contributed by atoms with Crippen molar-refractivity contribution in [3.8, 4) is 0 Å². The molecule has 0 heterocycles. The van der Waals surface area contributed by atoms with E-state index in [2.05, 4.69) is 13.8 Å². The molecule has 0 N–H and O–H groups in total. The average molecular weight is 411 g/mol. The number of esters is 2. The summed E-state index contributed by atoms with van der Waals surface area (Å²) in [7, 11) is 0. The predicted octanol–water partition coefficient (Wildman–Crippen LogP) is 6.70. The Bertz CT molecular complexity index is 444. The molecule has 0 bridgehead atoms. The first-order chi connectivity index (χ1) is 13.9. The van der Waals surface area contributed by atoms with Crippen LogP contribution in [0.2, 0.25) is 0 Å². The van der Waals surface area contributed by atoms with Crippen LogP contribution in [0.5, 0.6) is 0 Å². The van der Waals surface area contributed by atoms with E-state index in [1.54, 1.807) is 0 Å². The Morgan fingerprint density at radius 2 is 1.17 bits per heavy atom. The molecular formula is C25H46O4. The normalized spacial score (nSPS) is 19.5. The fourth-order valence-corrected chi connectivity index (χ4v) is 4.05. The zero-order chi connectivity index (χ0) is 21.5. The van der Waals surface area contributed by atoms with E-state index in [0.29, 0.717) is 19.1 Å². The van der Waals surface area contributed by atoms with Crippen LogP contribution < -0.4 is 0 Å². The van der Waals surface area contributed by atoms with Gasteiger partial charge in [-0.2, -0.15) is 0 Å². The zero-order valence-electron chi connectivity index (χ0n) is 19.5. The van der Waals surface area contributed by atoms with Crippen LogP contribution in [-0.4, -0.2) is 25.2 Å². The highest BCUT2D eigenvalue weighted by molar-refractivity contribution is 5.82. The van der Waals surface area contributed by atoms with Gasteiger partial charge in [-0.1, -0.05) is 91.9 Å². The smallest absolute Gasteiger partial charge is 0.309 e. The summed E-state index contributed by atoms with van der Waals surface area (Å²) in [6.07, 6.45) is 14.7. The highest BCUT2D eigenvalue weighted by Gasteiger charge is 2.37. The molecule has 1 aliphatic rings. The van der Waals surface area contributed by atoms with Gasteiger partial charge < -0.3 is 9.47 Å². The van der Waals surface area contributed by atoms with Crippen LogP contribution in [0, 0.1) is 23.7 Å². The van der Waals surface area contributed by atoms with Gasteiger partial charge in [0.15, 0.2) is 0 Å². The second-order valence-electron chi connectivity index (χ2n) is 9.70. The van der Waals surface area contributed by atoms with Crippen molar-refractivity contribution in [2.24, 2.45) is 23.7 Å². The molecule has 0 spiro atoms. The van der Waals surface area contributed by atoms with Crippen LogP contribution in [0.4, 0.5) is 0 Å². The third-order valence-corrected chi connectivity index (χ3v) is 5.85. The van der Waals surface area contributed by atoms with E-state index in [0.717, 1.165) is 44.4 Å². The summed E-state index contributed by atoms with van der Waals surface area (Å²) in [5.41, 5.74) is 0. The molecular weight excluding hydrogens is 364 g/mol. The van der Waals surface area contributed by atoms with Crippen molar-refractivity contribution < 1.29 is 19.1 Å². The molecule has 0 aromatic carbocycles. The van der Waals surface area contributed by atoms with E-state index in [-0.39, 0.29) is 23.8 Å². The van der Waals surface area contributed by atoms with Crippen molar-refractivity contribution in [1.82, 2.24) is 0 Å². The first kappa shape index (κ1) is 26.0. The summed E-state index contributed by atoms with van der Waals surface area (Å²) in [6.45, 7) is 9.53. The van der Waals surface area contributed by atoms with Gasteiger partial charge in [-0.3, -0.25) is 9.59 Å². The van der Waals surface area contributed by atoms with E-state index in [9.17, 15) is 9.59 Å². The molecule has 4 heteroatoms. The van der Waals surface area contributed by atoms with Gasteiger partial charge in [-0.05, 0) is 31.1 Å². The minimum Gasteiger partial charge on any atom is -0.465 e. The van der Waals surface area contributed by atoms with Crippen LogP contribution in [0.1, 0.15) is 111 Å². The first-order valence-corrected chi connectivity index (χ1v) is 12.2. The summed E-state index contributed by atoms with van der Waals surface area (Å²) in [6, 6.07) is 0. The van der Waals surface area contributed by atoms with Gasteiger partial charge in [0, 0.05) is 0 Å². The molecule has 0 saturated heterocycles. The Balaban J connectivity index is 2.12. The van der Waals surface area contributed by atoms with E-state index in [4.69, 9.17) is 9.47 Å². The number of ether oxygens (including phenoxy) is 2. The summed E-state index contributed by atoms with van der Waals surface area (Å²) in [5, 5.41) is 0. The van der Waals surface area contributed by atoms with Gasteiger partial charge in [-0.15, -0.1) is 0 Å². The maximum atomic E-state index is 12.5. The topological polar surface area (TPSA) is 52.6 Å². The quantitative estimate of drug-likeness (QED) is 0.222. The molecule has 0 aromatic heterocycles. The minimum absolute atomic E-state index is 0.193. The van der Waals surface area contributed by atoms with E-state index in [1.165, 1.54) is 44.9 Å². The Morgan fingerprint density at radius 1 is 0.690 bits per heavy atom. The molecule has 1 aliphatic carbocycles. The van der Waals surface area contributed by atoms with Crippen LogP contribution in [0.25, 0.3) is 0 Å². The molecule has 2 atom stereocenters. The van der Waals surface area contributed by atoms with Crippen molar-refractivity contribution in [2.45, 2.75) is 111 Å². The van der Waals surface area contributed by atoms with Crippen LogP contribution in [-0.2, 0) is 19.1 Å². The first-order valence-electron chi connectivity index (χ1n) is 12.2. The van der Waals surface area contributed by atoms with E-state index in [1.807, 2.05) is 13.8 Å². The van der Waals surface area contributed by atoms with Gasteiger partial charge in [0.05, 0.1) is 25.0 Å². The third-order valence-electron chi connectivity index (χ3n) is 5.85. The fourth-order valence-electron chi connectivity index (χ4n) is 4.05. The van der Waals surface area contributed by atoms with Crippen molar-refractivity contribution in [1.29, 1.82) is 0 Å². The lowest BCUT2D eigenvalue weighted by atomic mass is 9.79. The van der Waals surface area contributed by atoms with Gasteiger partial charge in [0.25, 0.3) is 0 Å². The van der Waals surface area contributed by atoms with Crippen molar-refractivity contribution in [2.75, 3.05) is 13.2 Å². The average Bonchev–Trinajstić information content (AvgIpc) is 2.69. The lowest BCUT2D eigenvalue weighted by molar-refractivity contribution is -0.163. The van der Waals surface area contributed by atoms with Gasteiger partial charge in [-0.25, -0.2) is 0 Å². The Labute approximate surface area is 179 Å². The molecule has 170 valence electrons. The van der Waals surface area contributed by atoms with E-state index >= 15 is 0 Å². The molecule has 1 fully saturated rings. The van der Waals surface area contributed by atoms with Crippen molar-refractivity contribution in [3.05, 3.63) is 0 Å². The highest BCUT2D eigenvalue weighted by Crippen LogP contribution is 2.32. The molecule has 0 aliphatic heterocycles. The standard InChI is InChI=1S/C25H46O4/c1-20(2)15-11-9-7-5-6-8-10-14-18-28-24(26)22-16-12-13-17-23(22)25(27)29-19-21(3)4/h20-23H,5-19H2,1-4H3. The third kappa shape index (κ3) is 12.3. The lowest BCUT2D eigenvalue weighted by Gasteiger charge is -2.28. The number of rotatable bonds is 15. The number of unbranched alkanes of at least 4 members (excludes halogenated alkanes) is 7. The van der Waals surface area contributed by atoms with Gasteiger partial charge in [0.1, 0.15) is 0 Å². The van der Waals surface area contributed by atoms with Gasteiger partial charge in [0.2, 0.25) is 0 Å². The Hall–Kier alpha value is -1.06. The molecule has 29 heavy (non-hydrogen) atoms. The second-order valence-corrected chi connectivity index (χ2v) is 9.70. The molecule has 1 rings (SSSR count). The summed E-state index contributed by atoms with van der Waals surface area (Å²) >= 11 is 0. The van der Waals surface area contributed by atoms with E-state index < -0.39 is 0 Å². The predicted molar refractivity (Wildman–Crippen MR) is 119 cm³/mol. The Morgan fingerprint density at radius 3 is 1.69 bits per heavy atom. The summed E-state index contributed by atoms with van der Waals surface area (Å²) < 4.78 is 10.9. The minimum atomic E-state index is -0.314. The number of hydrogen-bond donors (Lipinski definition) is 0. The number of carbonyl (C=O) groups is 2. The van der Waals surface area contributed by atoms with Crippen LogP contribution >= 0.6 is 0 Å². The fraction of sp³-hybridized carbons (Fsp3) is 0.920. The number of carbonyl (C=O) groups excluding carboxylic acids is 2. The molecule has 0 aromatic rings. The largest absolute Gasteiger partial charge is 0.465 e. The molecule has 2 unspecified atom stereocenters. The maximum Gasteiger partial charge on any atom is 0.309 e. The second kappa shape index (κ2) is 15.7. The van der Waals surface area contributed by atoms with Crippen molar-refractivity contribution >= 4 is 11.9 Å².